The summed E-state index contributed by atoms with van der Waals surface area (Å²) < 4.78 is 0. The molecule has 2 rings (SSSR count). The fraction of sp³-hybridized carbons (Fsp3) is 0.0714. The lowest BCUT2D eigenvalue weighted by Crippen LogP contribution is -2.20. The van der Waals surface area contributed by atoms with Crippen molar-refractivity contribution in [1.82, 2.24) is 15.3 Å². The van der Waals surface area contributed by atoms with Gasteiger partial charge in [0.15, 0.2) is 0 Å². The molecule has 3 N–H and O–H groups in total. The predicted molar refractivity (Wildman–Crippen MR) is 73.8 cm³/mol. The predicted octanol–water partition coefficient (Wildman–Crippen LogP) is 1.39. The van der Waals surface area contributed by atoms with E-state index in [0.29, 0.717) is 12.2 Å². The normalized spacial score (nSPS) is 10.5. The minimum absolute atomic E-state index is 0.180. The second-order valence-electron chi connectivity index (χ2n) is 3.92. The monoisotopic (exact) mass is 254 g/mol. The fourth-order valence-corrected chi connectivity index (χ4v) is 1.49. The molecule has 0 aliphatic heterocycles. The van der Waals surface area contributed by atoms with Gasteiger partial charge < -0.3 is 11.1 Å². The molecule has 0 unspecified atom stereocenters. The quantitative estimate of drug-likeness (QED) is 0.638. The van der Waals surface area contributed by atoms with Crippen molar-refractivity contribution in [3.8, 4) is 0 Å². The minimum atomic E-state index is -0.180. The van der Waals surface area contributed by atoms with Crippen molar-refractivity contribution in [1.29, 1.82) is 0 Å². The smallest absolute Gasteiger partial charge is 0.244 e. The van der Waals surface area contributed by atoms with E-state index in [1.165, 1.54) is 12.4 Å². The Kier molecular flexibility index (Phi) is 4.23. The summed E-state index contributed by atoms with van der Waals surface area (Å²) >= 11 is 0. The lowest BCUT2D eigenvalue weighted by atomic mass is 10.2. The second-order valence-corrected chi connectivity index (χ2v) is 3.92. The van der Waals surface area contributed by atoms with E-state index >= 15 is 0 Å². The van der Waals surface area contributed by atoms with E-state index in [4.69, 9.17) is 5.73 Å². The van der Waals surface area contributed by atoms with Gasteiger partial charge in [-0.25, -0.2) is 9.97 Å². The highest BCUT2D eigenvalue weighted by Crippen LogP contribution is 2.07. The number of rotatable bonds is 4. The molecule has 0 fully saturated rings. The van der Waals surface area contributed by atoms with Crippen molar-refractivity contribution >= 4 is 17.7 Å². The topological polar surface area (TPSA) is 80.9 Å². The Morgan fingerprint density at radius 1 is 1.37 bits per heavy atom. The van der Waals surface area contributed by atoms with Gasteiger partial charge in [0.05, 0.1) is 12.2 Å². The summed E-state index contributed by atoms with van der Waals surface area (Å²) in [7, 11) is 0. The molecule has 5 heteroatoms. The zero-order valence-electron chi connectivity index (χ0n) is 10.3. The third-order valence-corrected chi connectivity index (χ3v) is 2.42. The summed E-state index contributed by atoms with van der Waals surface area (Å²) in [4.78, 5) is 19.4. The van der Waals surface area contributed by atoms with Crippen LogP contribution in [-0.4, -0.2) is 15.9 Å². The molecule has 0 atom stereocenters. The number of amides is 1. The van der Waals surface area contributed by atoms with Crippen LogP contribution in [0.4, 0.5) is 5.69 Å². The Balaban J connectivity index is 1.88. The first-order valence-electron chi connectivity index (χ1n) is 5.80. The lowest BCUT2D eigenvalue weighted by molar-refractivity contribution is -0.116. The summed E-state index contributed by atoms with van der Waals surface area (Å²) in [5.41, 5.74) is 7.97. The van der Waals surface area contributed by atoms with Crippen molar-refractivity contribution in [2.24, 2.45) is 0 Å². The van der Waals surface area contributed by atoms with Crippen molar-refractivity contribution in [2.45, 2.75) is 6.54 Å². The minimum Gasteiger partial charge on any atom is -0.399 e. The van der Waals surface area contributed by atoms with Gasteiger partial charge in [-0.2, -0.15) is 0 Å². The SMILES string of the molecule is Nc1cccc(/C=C/C(=O)NCc2ccncn2)c1. The molecule has 0 saturated carbocycles. The van der Waals surface area contributed by atoms with Crippen molar-refractivity contribution in [3.63, 3.8) is 0 Å². The van der Waals surface area contributed by atoms with E-state index in [-0.39, 0.29) is 5.91 Å². The molecule has 1 aromatic carbocycles. The lowest BCUT2D eigenvalue weighted by Gasteiger charge is -2.00. The molecule has 0 aliphatic rings. The molecule has 5 nitrogen and oxygen atoms in total. The largest absolute Gasteiger partial charge is 0.399 e. The van der Waals surface area contributed by atoms with Gasteiger partial charge >= 0.3 is 0 Å². The van der Waals surface area contributed by atoms with Crippen LogP contribution in [0.15, 0.2) is 48.9 Å². The second kappa shape index (κ2) is 6.30. The van der Waals surface area contributed by atoms with Crippen molar-refractivity contribution in [2.75, 3.05) is 5.73 Å². The van der Waals surface area contributed by atoms with Crippen LogP contribution < -0.4 is 11.1 Å². The summed E-state index contributed by atoms with van der Waals surface area (Å²) in [5.74, 6) is -0.180. The molecular weight excluding hydrogens is 240 g/mol. The zero-order valence-corrected chi connectivity index (χ0v) is 10.3. The van der Waals surface area contributed by atoms with Crippen LogP contribution in [0.5, 0.6) is 0 Å². The van der Waals surface area contributed by atoms with Crippen LogP contribution in [0.3, 0.4) is 0 Å². The number of carbonyl (C=O) groups is 1. The van der Waals surface area contributed by atoms with Gasteiger partial charge in [0.1, 0.15) is 6.33 Å². The van der Waals surface area contributed by atoms with Gasteiger partial charge in [-0.1, -0.05) is 12.1 Å². The molecule has 0 saturated heterocycles. The maximum atomic E-state index is 11.6. The molecule has 96 valence electrons. The van der Waals surface area contributed by atoms with Crippen LogP contribution in [0.1, 0.15) is 11.3 Å². The average molecular weight is 254 g/mol. The molecule has 1 heterocycles. The Morgan fingerprint density at radius 3 is 3.00 bits per heavy atom. The number of hydrogen-bond acceptors (Lipinski definition) is 4. The van der Waals surface area contributed by atoms with Gasteiger partial charge in [-0.3, -0.25) is 4.79 Å². The molecule has 0 spiro atoms. The van der Waals surface area contributed by atoms with Gasteiger partial charge in [0, 0.05) is 18.0 Å². The highest BCUT2D eigenvalue weighted by Gasteiger charge is 1.97. The third-order valence-electron chi connectivity index (χ3n) is 2.42. The number of nitrogens with one attached hydrogen (secondary N) is 1. The number of nitrogens with two attached hydrogens (primary N) is 1. The molecule has 2 aromatic rings. The summed E-state index contributed by atoms with van der Waals surface area (Å²) in [5, 5.41) is 2.74. The summed E-state index contributed by atoms with van der Waals surface area (Å²) in [6, 6.07) is 9.07. The number of aromatic nitrogens is 2. The van der Waals surface area contributed by atoms with Gasteiger partial charge in [-0.15, -0.1) is 0 Å². The van der Waals surface area contributed by atoms with Crippen LogP contribution >= 0.6 is 0 Å². The van der Waals surface area contributed by atoms with Gasteiger partial charge in [-0.05, 0) is 29.8 Å². The van der Waals surface area contributed by atoms with Crippen molar-refractivity contribution in [3.05, 3.63) is 60.2 Å². The summed E-state index contributed by atoms with van der Waals surface area (Å²) in [6.07, 6.45) is 6.27. The van der Waals surface area contributed by atoms with Crippen LogP contribution in [0.2, 0.25) is 0 Å². The Morgan fingerprint density at radius 2 is 2.26 bits per heavy atom. The molecule has 1 amide bonds. The zero-order chi connectivity index (χ0) is 13.5. The van der Waals surface area contributed by atoms with E-state index in [9.17, 15) is 4.79 Å². The first-order valence-corrected chi connectivity index (χ1v) is 5.80. The Bertz CT molecular complexity index is 581. The van der Waals surface area contributed by atoms with Gasteiger partial charge in [0.25, 0.3) is 0 Å². The number of hydrogen-bond donors (Lipinski definition) is 2. The van der Waals surface area contributed by atoms with E-state index < -0.39 is 0 Å². The van der Waals surface area contributed by atoms with E-state index in [1.54, 1.807) is 30.5 Å². The molecule has 1 aromatic heterocycles. The van der Waals surface area contributed by atoms with Crippen LogP contribution in [0, 0.1) is 0 Å². The van der Waals surface area contributed by atoms with E-state index in [2.05, 4.69) is 15.3 Å². The first kappa shape index (κ1) is 12.8. The highest BCUT2D eigenvalue weighted by atomic mass is 16.1. The molecule has 19 heavy (non-hydrogen) atoms. The van der Waals surface area contributed by atoms with Gasteiger partial charge in [0.2, 0.25) is 5.91 Å². The maximum Gasteiger partial charge on any atom is 0.244 e. The number of benzene rings is 1. The Labute approximate surface area is 111 Å². The third kappa shape index (κ3) is 4.23. The van der Waals surface area contributed by atoms with Crippen molar-refractivity contribution < 1.29 is 4.79 Å². The highest BCUT2D eigenvalue weighted by molar-refractivity contribution is 5.91. The van der Waals surface area contributed by atoms with E-state index in [0.717, 1.165) is 11.3 Å². The van der Waals surface area contributed by atoms with Crippen LogP contribution in [0.25, 0.3) is 6.08 Å². The number of nitrogen functional groups attached to an aromatic ring is 1. The molecule has 0 radical (unpaired) electrons. The standard InChI is InChI=1S/C14H14N4O/c15-12-3-1-2-11(8-12)4-5-14(19)17-9-13-6-7-16-10-18-13/h1-8,10H,9,15H2,(H,17,19)/b5-4+. The van der Waals surface area contributed by atoms with Crippen LogP contribution in [-0.2, 0) is 11.3 Å². The maximum absolute atomic E-state index is 11.6. The number of nitrogens with zero attached hydrogens (tertiary/aromatic N) is 2. The first-order chi connectivity index (χ1) is 9.24. The molecule has 0 bridgehead atoms. The number of carbonyl (C=O) groups excluding carboxylic acids is 1. The average Bonchev–Trinajstić information content (AvgIpc) is 2.44. The molecule has 0 aliphatic carbocycles. The number of anilines is 1. The summed E-state index contributed by atoms with van der Waals surface area (Å²) in [6.45, 7) is 0.378. The fourth-order valence-electron chi connectivity index (χ4n) is 1.49. The van der Waals surface area contributed by atoms with E-state index in [1.807, 2.05) is 12.1 Å². The Hall–Kier alpha value is -2.69. The molecular formula is C14H14N4O.